The van der Waals surface area contributed by atoms with Crippen molar-refractivity contribution >= 4 is 17.1 Å². The first-order valence-corrected chi connectivity index (χ1v) is 5.76. The minimum atomic E-state index is -0.503. The Hall–Kier alpha value is -1.97. The van der Waals surface area contributed by atoms with Gasteiger partial charge in [-0.2, -0.15) is 4.98 Å². The van der Waals surface area contributed by atoms with Crippen LogP contribution in [0.15, 0.2) is 11.1 Å². The number of imidazole rings is 1. The van der Waals surface area contributed by atoms with Crippen LogP contribution in [0, 0.1) is 0 Å². The summed E-state index contributed by atoms with van der Waals surface area (Å²) in [5.74, 6) is 0.0285. The van der Waals surface area contributed by atoms with E-state index < -0.39 is 6.29 Å². The van der Waals surface area contributed by atoms with Crippen LogP contribution >= 0.6 is 0 Å². The molecule has 2 aromatic rings. The molecule has 19 heavy (non-hydrogen) atoms. The standard InChI is InChI=1S/C10H13N5O4/c11-10-13-8-7(9(17)14-10)12-4-15(8)1-6-18-3-5(2-16)19-6/h4-6,16H,1-3H2,(H3,11,13,14,17). The summed E-state index contributed by atoms with van der Waals surface area (Å²) in [5, 5.41) is 8.96. The summed E-state index contributed by atoms with van der Waals surface area (Å²) in [5.41, 5.74) is 5.70. The van der Waals surface area contributed by atoms with E-state index in [1.807, 2.05) is 0 Å². The molecular weight excluding hydrogens is 254 g/mol. The Labute approximate surface area is 107 Å². The molecule has 1 fully saturated rings. The summed E-state index contributed by atoms with van der Waals surface area (Å²) in [4.78, 5) is 22.0. The van der Waals surface area contributed by atoms with Crippen molar-refractivity contribution < 1.29 is 14.6 Å². The number of aliphatic hydroxyl groups excluding tert-OH is 1. The fraction of sp³-hybridized carbons (Fsp3) is 0.500. The molecule has 0 bridgehead atoms. The second kappa shape index (κ2) is 4.61. The van der Waals surface area contributed by atoms with Crippen LogP contribution in [0.2, 0.25) is 0 Å². The smallest absolute Gasteiger partial charge is 0.280 e. The average molecular weight is 267 g/mol. The van der Waals surface area contributed by atoms with Gasteiger partial charge in [0.1, 0.15) is 6.10 Å². The van der Waals surface area contributed by atoms with E-state index in [9.17, 15) is 4.79 Å². The van der Waals surface area contributed by atoms with Gasteiger partial charge in [-0.1, -0.05) is 0 Å². The maximum absolute atomic E-state index is 11.6. The Bertz CT molecular complexity index is 651. The Balaban J connectivity index is 1.88. The lowest BCUT2D eigenvalue weighted by molar-refractivity contribution is -0.0736. The van der Waals surface area contributed by atoms with Crippen LogP contribution in [0.4, 0.5) is 5.95 Å². The number of rotatable bonds is 3. The summed E-state index contributed by atoms with van der Waals surface area (Å²) >= 11 is 0. The van der Waals surface area contributed by atoms with Gasteiger partial charge in [-0.05, 0) is 0 Å². The second-order valence-corrected chi connectivity index (χ2v) is 4.22. The molecule has 3 rings (SSSR count). The van der Waals surface area contributed by atoms with Gasteiger partial charge in [0.25, 0.3) is 5.56 Å². The minimum Gasteiger partial charge on any atom is -0.394 e. The molecule has 4 N–H and O–H groups in total. The van der Waals surface area contributed by atoms with Gasteiger partial charge in [0.05, 0.1) is 26.1 Å². The average Bonchev–Trinajstić information content (AvgIpc) is 2.97. The molecule has 2 atom stereocenters. The summed E-state index contributed by atoms with van der Waals surface area (Å²) in [6.45, 7) is 0.568. The van der Waals surface area contributed by atoms with Crippen molar-refractivity contribution in [3.8, 4) is 0 Å². The van der Waals surface area contributed by atoms with Gasteiger partial charge < -0.3 is 24.9 Å². The van der Waals surface area contributed by atoms with E-state index in [2.05, 4.69) is 15.0 Å². The Kier molecular flexibility index (Phi) is 2.93. The normalized spacial score (nSPS) is 23.2. The zero-order valence-electron chi connectivity index (χ0n) is 9.94. The molecular formula is C10H13N5O4. The van der Waals surface area contributed by atoms with Gasteiger partial charge in [0.2, 0.25) is 5.95 Å². The number of aliphatic hydroxyl groups is 1. The maximum atomic E-state index is 11.6. The van der Waals surface area contributed by atoms with Crippen molar-refractivity contribution in [1.29, 1.82) is 0 Å². The fourth-order valence-electron chi connectivity index (χ4n) is 1.96. The van der Waals surface area contributed by atoms with Crippen molar-refractivity contribution in [3.05, 3.63) is 16.7 Å². The van der Waals surface area contributed by atoms with Crippen LogP contribution in [0.5, 0.6) is 0 Å². The summed E-state index contributed by atoms with van der Waals surface area (Å²) < 4.78 is 12.4. The number of nitrogen functional groups attached to an aromatic ring is 1. The van der Waals surface area contributed by atoms with E-state index in [-0.39, 0.29) is 29.7 Å². The number of hydrogen-bond acceptors (Lipinski definition) is 7. The van der Waals surface area contributed by atoms with Gasteiger partial charge in [-0.25, -0.2) is 4.98 Å². The number of hydrogen-bond donors (Lipinski definition) is 3. The van der Waals surface area contributed by atoms with Gasteiger partial charge >= 0.3 is 0 Å². The van der Waals surface area contributed by atoms with E-state index in [1.165, 1.54) is 6.33 Å². The highest BCUT2D eigenvalue weighted by molar-refractivity contribution is 5.70. The molecule has 1 aliphatic heterocycles. The lowest BCUT2D eigenvalue weighted by Crippen LogP contribution is -2.20. The monoisotopic (exact) mass is 267 g/mol. The van der Waals surface area contributed by atoms with Crippen LogP contribution in [0.3, 0.4) is 0 Å². The van der Waals surface area contributed by atoms with Crippen molar-refractivity contribution in [3.63, 3.8) is 0 Å². The quantitative estimate of drug-likeness (QED) is 0.613. The Morgan fingerprint density at radius 3 is 3.21 bits per heavy atom. The maximum Gasteiger partial charge on any atom is 0.280 e. The van der Waals surface area contributed by atoms with E-state index in [0.29, 0.717) is 18.8 Å². The second-order valence-electron chi connectivity index (χ2n) is 4.22. The molecule has 2 aromatic heterocycles. The lowest BCUT2D eigenvalue weighted by atomic mass is 10.4. The number of anilines is 1. The molecule has 1 saturated heterocycles. The fourth-order valence-corrected chi connectivity index (χ4v) is 1.96. The highest BCUT2D eigenvalue weighted by atomic mass is 16.7. The van der Waals surface area contributed by atoms with E-state index in [4.69, 9.17) is 20.3 Å². The summed E-state index contributed by atoms with van der Waals surface area (Å²) in [7, 11) is 0. The van der Waals surface area contributed by atoms with Crippen LogP contribution < -0.4 is 11.3 Å². The highest BCUT2D eigenvalue weighted by Crippen LogP contribution is 2.15. The summed E-state index contributed by atoms with van der Waals surface area (Å²) in [6, 6.07) is 0. The first-order valence-electron chi connectivity index (χ1n) is 5.76. The predicted octanol–water partition coefficient (Wildman–Crippen LogP) is -1.56. The molecule has 102 valence electrons. The third-order valence-electron chi connectivity index (χ3n) is 2.85. The molecule has 0 aliphatic carbocycles. The van der Waals surface area contributed by atoms with Gasteiger partial charge in [-0.3, -0.25) is 9.78 Å². The molecule has 0 aromatic carbocycles. The molecule has 9 heteroatoms. The number of fused-ring (bicyclic) bond motifs is 1. The van der Waals surface area contributed by atoms with Gasteiger partial charge in [0, 0.05) is 0 Å². The van der Waals surface area contributed by atoms with E-state index in [1.54, 1.807) is 4.57 Å². The first kappa shape index (κ1) is 12.1. The zero-order chi connectivity index (χ0) is 13.4. The lowest BCUT2D eigenvalue weighted by Gasteiger charge is -2.11. The topological polar surface area (TPSA) is 128 Å². The van der Waals surface area contributed by atoms with Gasteiger partial charge in [-0.15, -0.1) is 0 Å². The van der Waals surface area contributed by atoms with Crippen LogP contribution in [-0.2, 0) is 16.0 Å². The largest absolute Gasteiger partial charge is 0.394 e. The molecule has 0 radical (unpaired) electrons. The molecule has 0 saturated carbocycles. The number of aromatic nitrogens is 4. The van der Waals surface area contributed by atoms with Crippen molar-refractivity contribution in [1.82, 2.24) is 19.5 Å². The molecule has 0 amide bonds. The van der Waals surface area contributed by atoms with Crippen LogP contribution in [0.1, 0.15) is 0 Å². The molecule has 9 nitrogen and oxygen atoms in total. The number of nitrogens with one attached hydrogen (secondary N) is 1. The summed E-state index contributed by atoms with van der Waals surface area (Å²) in [6.07, 6.45) is 0.656. The number of H-pyrrole nitrogens is 1. The third-order valence-corrected chi connectivity index (χ3v) is 2.85. The zero-order valence-corrected chi connectivity index (χ0v) is 9.94. The Morgan fingerprint density at radius 1 is 1.63 bits per heavy atom. The molecule has 2 unspecified atom stereocenters. The van der Waals surface area contributed by atoms with Crippen molar-refractivity contribution in [2.45, 2.75) is 18.9 Å². The van der Waals surface area contributed by atoms with Crippen LogP contribution in [0.25, 0.3) is 11.2 Å². The number of aromatic amines is 1. The van der Waals surface area contributed by atoms with Crippen molar-refractivity contribution in [2.24, 2.45) is 0 Å². The van der Waals surface area contributed by atoms with Crippen LogP contribution in [-0.4, -0.2) is 50.2 Å². The molecule has 3 heterocycles. The Morgan fingerprint density at radius 2 is 2.47 bits per heavy atom. The SMILES string of the molecule is Nc1nc2c(ncn2CC2OCC(CO)O2)c(=O)[nH]1. The first-order chi connectivity index (χ1) is 9.17. The van der Waals surface area contributed by atoms with Crippen molar-refractivity contribution in [2.75, 3.05) is 18.9 Å². The molecule has 0 spiro atoms. The third kappa shape index (κ3) is 2.18. The highest BCUT2D eigenvalue weighted by Gasteiger charge is 2.26. The minimum absolute atomic E-state index is 0.0285. The van der Waals surface area contributed by atoms with Gasteiger partial charge in [0.15, 0.2) is 17.5 Å². The molecule has 1 aliphatic rings. The number of nitrogens with zero attached hydrogens (tertiary/aromatic N) is 3. The van der Waals surface area contributed by atoms with E-state index in [0.717, 1.165) is 0 Å². The predicted molar refractivity (Wildman–Crippen MR) is 64.3 cm³/mol. The number of nitrogens with two attached hydrogens (primary N) is 1. The number of ether oxygens (including phenoxy) is 2. The van der Waals surface area contributed by atoms with E-state index >= 15 is 0 Å².